The number of halogens is 1. The zero-order valence-corrected chi connectivity index (χ0v) is 15.4. The van der Waals surface area contributed by atoms with Crippen LogP contribution in [-0.2, 0) is 9.59 Å². The summed E-state index contributed by atoms with van der Waals surface area (Å²) in [6.45, 7) is 1.80. The van der Waals surface area contributed by atoms with Crippen LogP contribution in [0.15, 0.2) is 58.1 Å². The number of amides is 2. The van der Waals surface area contributed by atoms with Crippen LogP contribution >= 0.6 is 15.9 Å². The first-order valence-electron chi connectivity index (χ1n) is 7.53. The van der Waals surface area contributed by atoms with E-state index in [1.54, 1.807) is 19.1 Å². The van der Waals surface area contributed by atoms with Crippen LogP contribution in [0.25, 0.3) is 0 Å². The molecule has 0 unspecified atom stereocenters. The first-order valence-corrected chi connectivity index (χ1v) is 8.33. The summed E-state index contributed by atoms with van der Waals surface area (Å²) in [6.07, 6.45) is 1.41. The fraction of sp³-hybridized carbons (Fsp3) is 0.167. The number of hydrazone groups is 1. The smallest absolute Gasteiger partial charge is 0.329 e. The lowest BCUT2D eigenvalue weighted by Crippen LogP contribution is -2.39. The minimum atomic E-state index is -0.840. The maximum Gasteiger partial charge on any atom is 0.329 e. The molecule has 0 spiro atoms. The van der Waals surface area contributed by atoms with Gasteiger partial charge in [-0.2, -0.15) is 5.10 Å². The molecule has 2 rings (SSSR count). The molecule has 0 radical (unpaired) electrons. The van der Waals surface area contributed by atoms with Crippen molar-refractivity contribution in [2.45, 2.75) is 13.0 Å². The fourth-order valence-electron chi connectivity index (χ4n) is 2.10. The highest BCUT2D eigenvalue weighted by Crippen LogP contribution is 2.21. The number of nitrogens with one attached hydrogen (secondary N) is 2. The molecular weight excluding hydrogens is 386 g/mol. The molecule has 0 saturated heterocycles. The van der Waals surface area contributed by atoms with Gasteiger partial charge in [-0.25, -0.2) is 5.43 Å². The number of hydrogen-bond acceptors (Lipinski definition) is 4. The summed E-state index contributed by atoms with van der Waals surface area (Å²) in [5.41, 5.74) is 3.78. The van der Waals surface area contributed by atoms with E-state index in [2.05, 4.69) is 31.8 Å². The monoisotopic (exact) mass is 403 g/mol. The SMILES string of the molecule is COc1ccc(Br)cc1/C=N\NC(=O)C(=O)N[C@H](C)c1ccccc1. The molecule has 6 nitrogen and oxygen atoms in total. The molecule has 130 valence electrons. The Bertz CT molecular complexity index is 778. The van der Waals surface area contributed by atoms with Crippen LogP contribution in [0.4, 0.5) is 0 Å². The lowest BCUT2D eigenvalue weighted by atomic mass is 10.1. The Balaban J connectivity index is 1.93. The van der Waals surface area contributed by atoms with E-state index in [4.69, 9.17) is 4.74 Å². The van der Waals surface area contributed by atoms with Crippen molar-refractivity contribution < 1.29 is 14.3 Å². The van der Waals surface area contributed by atoms with Crippen molar-refractivity contribution in [3.8, 4) is 5.75 Å². The third kappa shape index (κ3) is 5.42. The van der Waals surface area contributed by atoms with Crippen molar-refractivity contribution in [1.82, 2.24) is 10.7 Å². The van der Waals surface area contributed by atoms with Crippen molar-refractivity contribution in [2.75, 3.05) is 7.11 Å². The van der Waals surface area contributed by atoms with Crippen LogP contribution in [-0.4, -0.2) is 25.1 Å². The van der Waals surface area contributed by atoms with Crippen molar-refractivity contribution in [3.63, 3.8) is 0 Å². The Labute approximate surface area is 154 Å². The summed E-state index contributed by atoms with van der Waals surface area (Å²) in [6, 6.07) is 14.5. The molecule has 0 bridgehead atoms. The Morgan fingerprint density at radius 2 is 1.88 bits per heavy atom. The summed E-state index contributed by atoms with van der Waals surface area (Å²) in [4.78, 5) is 23.8. The van der Waals surface area contributed by atoms with Crippen LogP contribution in [0.5, 0.6) is 5.75 Å². The van der Waals surface area contributed by atoms with E-state index in [-0.39, 0.29) is 6.04 Å². The van der Waals surface area contributed by atoms with E-state index in [1.165, 1.54) is 13.3 Å². The van der Waals surface area contributed by atoms with Crippen LogP contribution in [0.1, 0.15) is 24.1 Å². The van der Waals surface area contributed by atoms with E-state index < -0.39 is 11.8 Å². The molecule has 0 aromatic heterocycles. The van der Waals surface area contributed by atoms with Gasteiger partial charge in [-0.3, -0.25) is 9.59 Å². The molecule has 1 atom stereocenters. The molecule has 2 aromatic rings. The van der Waals surface area contributed by atoms with Gasteiger partial charge in [0.1, 0.15) is 5.75 Å². The van der Waals surface area contributed by atoms with Gasteiger partial charge >= 0.3 is 11.8 Å². The van der Waals surface area contributed by atoms with Gasteiger partial charge in [0.2, 0.25) is 0 Å². The normalized spacial score (nSPS) is 11.8. The van der Waals surface area contributed by atoms with Crippen LogP contribution < -0.4 is 15.5 Å². The number of carbonyl (C=O) groups excluding carboxylic acids is 2. The van der Waals surface area contributed by atoms with Crippen molar-refractivity contribution in [1.29, 1.82) is 0 Å². The van der Waals surface area contributed by atoms with E-state index in [1.807, 2.05) is 36.4 Å². The Morgan fingerprint density at radius 3 is 2.56 bits per heavy atom. The van der Waals surface area contributed by atoms with Crippen LogP contribution in [0.2, 0.25) is 0 Å². The lowest BCUT2D eigenvalue weighted by molar-refractivity contribution is -0.139. The van der Waals surface area contributed by atoms with Gasteiger partial charge in [-0.15, -0.1) is 0 Å². The molecule has 0 aliphatic rings. The summed E-state index contributed by atoms with van der Waals surface area (Å²) in [5.74, 6) is -0.994. The lowest BCUT2D eigenvalue weighted by Gasteiger charge is -2.13. The van der Waals surface area contributed by atoms with Crippen molar-refractivity contribution in [2.24, 2.45) is 5.10 Å². The fourth-order valence-corrected chi connectivity index (χ4v) is 2.48. The second-order valence-corrected chi connectivity index (χ2v) is 6.11. The maximum atomic E-state index is 11.9. The Morgan fingerprint density at radius 1 is 1.16 bits per heavy atom. The van der Waals surface area contributed by atoms with Crippen LogP contribution in [0.3, 0.4) is 0 Å². The minimum Gasteiger partial charge on any atom is -0.496 e. The highest BCUT2D eigenvalue weighted by molar-refractivity contribution is 9.10. The number of rotatable bonds is 5. The standard InChI is InChI=1S/C18H18BrN3O3/c1-12(13-6-4-3-5-7-13)21-17(23)18(24)22-20-11-14-10-15(19)8-9-16(14)25-2/h3-12H,1-2H3,(H,21,23)(H,22,24)/b20-11-/t12-/m1/s1. The first-order chi connectivity index (χ1) is 12.0. The van der Waals surface area contributed by atoms with E-state index in [9.17, 15) is 9.59 Å². The number of nitrogens with zero attached hydrogens (tertiary/aromatic N) is 1. The highest BCUT2D eigenvalue weighted by Gasteiger charge is 2.16. The molecular formula is C18H18BrN3O3. The van der Waals surface area contributed by atoms with Gasteiger partial charge in [-0.05, 0) is 30.7 Å². The Hall–Kier alpha value is -2.67. The van der Waals surface area contributed by atoms with E-state index >= 15 is 0 Å². The number of hydrogen-bond donors (Lipinski definition) is 2. The molecule has 0 heterocycles. The summed E-state index contributed by atoms with van der Waals surface area (Å²) >= 11 is 3.35. The zero-order chi connectivity index (χ0) is 18.2. The zero-order valence-electron chi connectivity index (χ0n) is 13.8. The van der Waals surface area contributed by atoms with Gasteiger partial charge in [0.15, 0.2) is 0 Å². The number of methoxy groups -OCH3 is 1. The van der Waals surface area contributed by atoms with Gasteiger partial charge in [-0.1, -0.05) is 46.3 Å². The molecule has 2 N–H and O–H groups in total. The molecule has 0 saturated carbocycles. The molecule has 2 aromatic carbocycles. The molecule has 0 aliphatic carbocycles. The maximum absolute atomic E-state index is 11.9. The average Bonchev–Trinajstić information content (AvgIpc) is 2.62. The predicted molar refractivity (Wildman–Crippen MR) is 99.4 cm³/mol. The van der Waals surface area contributed by atoms with Crippen molar-refractivity contribution in [3.05, 3.63) is 64.1 Å². The second-order valence-electron chi connectivity index (χ2n) is 5.19. The molecule has 25 heavy (non-hydrogen) atoms. The van der Waals surface area contributed by atoms with E-state index in [0.29, 0.717) is 11.3 Å². The summed E-state index contributed by atoms with van der Waals surface area (Å²) in [7, 11) is 1.54. The summed E-state index contributed by atoms with van der Waals surface area (Å²) < 4.78 is 6.05. The summed E-state index contributed by atoms with van der Waals surface area (Å²) in [5, 5.41) is 6.43. The van der Waals surface area contributed by atoms with Gasteiger partial charge < -0.3 is 10.1 Å². The van der Waals surface area contributed by atoms with Crippen LogP contribution in [0, 0.1) is 0 Å². The molecule has 0 fully saturated rings. The van der Waals surface area contributed by atoms with E-state index in [0.717, 1.165) is 10.0 Å². The largest absolute Gasteiger partial charge is 0.496 e. The second kappa shape index (κ2) is 8.98. The molecule has 2 amide bonds. The number of benzene rings is 2. The highest BCUT2D eigenvalue weighted by atomic mass is 79.9. The Kier molecular flexibility index (Phi) is 6.71. The molecule has 0 aliphatic heterocycles. The van der Waals surface area contributed by atoms with Gasteiger partial charge in [0.25, 0.3) is 0 Å². The number of ether oxygens (including phenoxy) is 1. The third-order valence-electron chi connectivity index (χ3n) is 3.41. The topological polar surface area (TPSA) is 79.8 Å². The van der Waals surface area contributed by atoms with Crippen molar-refractivity contribution >= 4 is 34.0 Å². The quantitative estimate of drug-likeness (QED) is 0.457. The number of carbonyl (C=O) groups is 2. The van der Waals surface area contributed by atoms with Gasteiger partial charge in [0.05, 0.1) is 19.4 Å². The minimum absolute atomic E-state index is 0.284. The first kappa shape index (κ1) is 18.7. The predicted octanol–water partition coefficient (Wildman–Crippen LogP) is 2.79. The third-order valence-corrected chi connectivity index (χ3v) is 3.91. The average molecular weight is 404 g/mol. The molecule has 7 heteroatoms. The van der Waals surface area contributed by atoms with Gasteiger partial charge in [0, 0.05) is 10.0 Å².